The number of anilines is 2. The first-order valence-corrected chi connectivity index (χ1v) is 12.9. The molecule has 3 heterocycles. The van der Waals surface area contributed by atoms with E-state index in [1.165, 1.54) is 28.2 Å². The average molecular weight is 477 g/mol. The topological polar surface area (TPSA) is 77.2 Å². The number of hydrogen-bond donors (Lipinski definition) is 1. The summed E-state index contributed by atoms with van der Waals surface area (Å²) in [5, 5.41) is 15.2. The number of hydrogen-bond acceptors (Lipinski definition) is 6. The average Bonchev–Trinajstić information content (AvgIpc) is 3.54. The molecule has 1 N–H and O–H groups in total. The zero-order valence-electron chi connectivity index (χ0n) is 19.2. The third-order valence-electron chi connectivity index (χ3n) is 6.56. The summed E-state index contributed by atoms with van der Waals surface area (Å²) in [6.45, 7) is 6.14. The SMILES string of the molecule is CCn1c2ccccc2c2cc(NC(=O)CSc3nnc(N4CCOCC4)n3C3CC3)ccc21. The van der Waals surface area contributed by atoms with Crippen LogP contribution in [0.2, 0.25) is 0 Å². The number of carbonyl (C=O) groups is 1. The van der Waals surface area contributed by atoms with Gasteiger partial charge in [-0.1, -0.05) is 30.0 Å². The molecular weight excluding hydrogens is 448 g/mol. The molecule has 0 radical (unpaired) electrons. The number of para-hydroxylation sites is 1. The number of carbonyl (C=O) groups excluding carboxylic acids is 1. The van der Waals surface area contributed by atoms with Crippen LogP contribution in [0.15, 0.2) is 47.6 Å². The van der Waals surface area contributed by atoms with Crippen LogP contribution < -0.4 is 10.2 Å². The zero-order valence-corrected chi connectivity index (χ0v) is 20.1. The van der Waals surface area contributed by atoms with Gasteiger partial charge in [-0.2, -0.15) is 0 Å². The number of morpholine rings is 1. The van der Waals surface area contributed by atoms with Crippen molar-refractivity contribution in [1.29, 1.82) is 0 Å². The monoisotopic (exact) mass is 476 g/mol. The van der Waals surface area contributed by atoms with E-state index in [2.05, 4.69) is 72.9 Å². The third kappa shape index (κ3) is 3.92. The van der Waals surface area contributed by atoms with Crippen molar-refractivity contribution in [2.75, 3.05) is 42.3 Å². The molecule has 6 rings (SSSR count). The lowest BCUT2D eigenvalue weighted by atomic mass is 10.1. The van der Waals surface area contributed by atoms with Crippen LogP contribution in [0.25, 0.3) is 21.8 Å². The number of nitrogens with one attached hydrogen (secondary N) is 1. The summed E-state index contributed by atoms with van der Waals surface area (Å²) in [7, 11) is 0. The Morgan fingerprint density at radius 2 is 1.88 bits per heavy atom. The van der Waals surface area contributed by atoms with Gasteiger partial charge in [-0.3, -0.25) is 9.36 Å². The van der Waals surface area contributed by atoms with Crippen LogP contribution in [0, 0.1) is 0 Å². The minimum absolute atomic E-state index is 0.0400. The molecule has 0 unspecified atom stereocenters. The molecule has 2 aromatic carbocycles. The van der Waals surface area contributed by atoms with Crippen molar-refractivity contribution in [3.05, 3.63) is 42.5 Å². The Bertz CT molecular complexity index is 1350. The first kappa shape index (κ1) is 21.5. The van der Waals surface area contributed by atoms with E-state index >= 15 is 0 Å². The molecule has 0 spiro atoms. The lowest BCUT2D eigenvalue weighted by molar-refractivity contribution is -0.113. The van der Waals surface area contributed by atoms with Crippen LogP contribution in [0.5, 0.6) is 0 Å². The largest absolute Gasteiger partial charge is 0.378 e. The first-order chi connectivity index (χ1) is 16.7. The van der Waals surface area contributed by atoms with Gasteiger partial charge < -0.3 is 19.5 Å². The van der Waals surface area contributed by atoms with Crippen LogP contribution in [0.3, 0.4) is 0 Å². The minimum atomic E-state index is -0.0400. The molecule has 2 aromatic heterocycles. The van der Waals surface area contributed by atoms with Gasteiger partial charge in [-0.15, -0.1) is 10.2 Å². The van der Waals surface area contributed by atoms with Gasteiger partial charge in [0, 0.05) is 53.2 Å². The number of ether oxygens (including phenoxy) is 1. The van der Waals surface area contributed by atoms with Crippen molar-refractivity contribution in [3.8, 4) is 0 Å². The molecule has 1 saturated carbocycles. The van der Waals surface area contributed by atoms with E-state index in [4.69, 9.17) is 4.74 Å². The van der Waals surface area contributed by atoms with E-state index in [-0.39, 0.29) is 5.91 Å². The van der Waals surface area contributed by atoms with E-state index < -0.39 is 0 Å². The predicted molar refractivity (Wildman–Crippen MR) is 136 cm³/mol. The fourth-order valence-corrected chi connectivity index (χ4v) is 5.60. The Morgan fingerprint density at radius 1 is 1.09 bits per heavy atom. The molecular formula is C25H28N6O2S. The number of aryl methyl sites for hydroxylation is 1. The second-order valence-electron chi connectivity index (χ2n) is 8.81. The van der Waals surface area contributed by atoms with Gasteiger partial charge in [0.05, 0.1) is 19.0 Å². The first-order valence-electron chi connectivity index (χ1n) is 11.9. The standard InChI is InChI=1S/C25H28N6O2S/c1-2-30-21-6-4-3-5-19(21)20-15-17(7-10-22(20)30)26-23(32)16-34-25-28-27-24(31(25)18-8-9-18)29-11-13-33-14-12-29/h3-7,10,15,18H,2,8-9,11-14,16H2,1H3,(H,26,32). The number of nitrogens with zero attached hydrogens (tertiary/aromatic N) is 5. The van der Waals surface area contributed by atoms with Crippen molar-refractivity contribution < 1.29 is 9.53 Å². The molecule has 1 aliphatic heterocycles. The molecule has 1 saturated heterocycles. The number of aromatic nitrogens is 4. The maximum atomic E-state index is 12.8. The zero-order chi connectivity index (χ0) is 23.1. The quantitative estimate of drug-likeness (QED) is 0.401. The van der Waals surface area contributed by atoms with Crippen molar-refractivity contribution in [2.45, 2.75) is 37.5 Å². The molecule has 2 fully saturated rings. The van der Waals surface area contributed by atoms with Gasteiger partial charge in [0.1, 0.15) is 0 Å². The summed E-state index contributed by atoms with van der Waals surface area (Å²) in [6, 6.07) is 15.0. The molecule has 0 atom stereocenters. The second kappa shape index (κ2) is 8.96. The van der Waals surface area contributed by atoms with Crippen LogP contribution in [-0.2, 0) is 16.1 Å². The number of thioether (sulfide) groups is 1. The van der Waals surface area contributed by atoms with Gasteiger partial charge >= 0.3 is 0 Å². The molecule has 9 heteroatoms. The van der Waals surface area contributed by atoms with Crippen molar-refractivity contribution in [1.82, 2.24) is 19.3 Å². The second-order valence-corrected chi connectivity index (χ2v) is 9.76. The van der Waals surface area contributed by atoms with Crippen LogP contribution in [0.4, 0.5) is 11.6 Å². The highest BCUT2D eigenvalue weighted by Gasteiger charge is 2.32. The maximum Gasteiger partial charge on any atom is 0.234 e. The fraction of sp³-hybridized carbons (Fsp3) is 0.400. The highest BCUT2D eigenvalue weighted by Crippen LogP contribution is 2.41. The molecule has 4 aromatic rings. The van der Waals surface area contributed by atoms with Gasteiger partial charge in [0.2, 0.25) is 11.9 Å². The van der Waals surface area contributed by atoms with Gasteiger partial charge in [-0.25, -0.2) is 0 Å². The number of benzene rings is 2. The summed E-state index contributed by atoms with van der Waals surface area (Å²) in [6.07, 6.45) is 2.28. The molecule has 8 nitrogen and oxygen atoms in total. The number of amides is 1. The van der Waals surface area contributed by atoms with Gasteiger partial charge in [-0.05, 0) is 44.0 Å². The van der Waals surface area contributed by atoms with Crippen molar-refractivity contribution in [3.63, 3.8) is 0 Å². The molecule has 2 aliphatic rings. The Balaban J connectivity index is 1.18. The molecule has 1 aliphatic carbocycles. The normalized spacial score (nSPS) is 16.4. The van der Waals surface area contributed by atoms with Crippen molar-refractivity contribution >= 4 is 51.1 Å². The van der Waals surface area contributed by atoms with Crippen molar-refractivity contribution in [2.24, 2.45) is 0 Å². The smallest absolute Gasteiger partial charge is 0.234 e. The third-order valence-corrected chi connectivity index (χ3v) is 7.50. The van der Waals surface area contributed by atoms with E-state index in [0.717, 1.165) is 54.7 Å². The predicted octanol–water partition coefficient (Wildman–Crippen LogP) is 4.31. The molecule has 0 bridgehead atoms. The summed E-state index contributed by atoms with van der Waals surface area (Å²) in [5.41, 5.74) is 3.22. The van der Waals surface area contributed by atoms with Crippen LogP contribution in [-0.4, -0.2) is 57.3 Å². The Labute approximate surface area is 202 Å². The number of fused-ring (bicyclic) bond motifs is 3. The van der Waals surface area contributed by atoms with E-state index in [9.17, 15) is 4.79 Å². The Morgan fingerprint density at radius 3 is 2.68 bits per heavy atom. The summed E-state index contributed by atoms with van der Waals surface area (Å²) in [4.78, 5) is 15.1. The summed E-state index contributed by atoms with van der Waals surface area (Å²) < 4.78 is 10.0. The van der Waals surface area contributed by atoms with Crippen LogP contribution >= 0.6 is 11.8 Å². The summed E-state index contributed by atoms with van der Waals surface area (Å²) >= 11 is 1.46. The summed E-state index contributed by atoms with van der Waals surface area (Å²) in [5.74, 6) is 1.16. The number of rotatable bonds is 7. The van der Waals surface area contributed by atoms with E-state index in [0.29, 0.717) is 25.0 Å². The molecule has 34 heavy (non-hydrogen) atoms. The lowest BCUT2D eigenvalue weighted by Gasteiger charge is -2.27. The highest BCUT2D eigenvalue weighted by molar-refractivity contribution is 7.99. The lowest BCUT2D eigenvalue weighted by Crippen LogP contribution is -2.38. The van der Waals surface area contributed by atoms with E-state index in [1.54, 1.807) is 0 Å². The fourth-order valence-electron chi connectivity index (χ4n) is 4.80. The molecule has 1 amide bonds. The van der Waals surface area contributed by atoms with Gasteiger partial charge in [0.15, 0.2) is 5.16 Å². The Hall–Kier alpha value is -3.04. The van der Waals surface area contributed by atoms with Gasteiger partial charge in [0.25, 0.3) is 0 Å². The molecule has 176 valence electrons. The maximum absolute atomic E-state index is 12.8. The minimum Gasteiger partial charge on any atom is -0.378 e. The Kier molecular flexibility index (Phi) is 5.66. The van der Waals surface area contributed by atoms with Crippen LogP contribution in [0.1, 0.15) is 25.8 Å². The highest BCUT2D eigenvalue weighted by atomic mass is 32.2. The van der Waals surface area contributed by atoms with E-state index in [1.807, 2.05) is 6.07 Å².